The summed E-state index contributed by atoms with van der Waals surface area (Å²) < 4.78 is 39.4. The molecule has 0 aliphatic heterocycles. The van der Waals surface area contributed by atoms with Crippen LogP contribution < -0.4 is 10.6 Å². The zero-order valence-corrected chi connectivity index (χ0v) is 14.3. The minimum absolute atomic E-state index is 0.503. The number of aryl methyl sites for hydroxylation is 1. The average Bonchev–Trinajstić information content (AvgIpc) is 2.98. The van der Waals surface area contributed by atoms with Crippen LogP contribution in [0.2, 0.25) is 0 Å². The summed E-state index contributed by atoms with van der Waals surface area (Å²) in [5.41, 5.74) is 1.21. The average molecular weight is 353 g/mol. The van der Waals surface area contributed by atoms with Gasteiger partial charge in [0.1, 0.15) is 0 Å². The highest BCUT2D eigenvalue weighted by Crippen LogP contribution is 2.29. The summed E-state index contributed by atoms with van der Waals surface area (Å²) in [4.78, 5) is 4.47. The molecule has 25 heavy (non-hydrogen) atoms. The quantitative estimate of drug-likeness (QED) is 0.620. The molecule has 1 aromatic heterocycles. The van der Waals surface area contributed by atoms with Crippen molar-refractivity contribution in [3.63, 3.8) is 0 Å². The van der Waals surface area contributed by atoms with E-state index in [1.807, 2.05) is 20.2 Å². The fraction of sp³-hybridized carbons (Fsp3) is 0.412. The molecule has 2 aromatic rings. The molecule has 0 spiro atoms. The van der Waals surface area contributed by atoms with E-state index in [-0.39, 0.29) is 0 Å². The van der Waals surface area contributed by atoms with E-state index in [9.17, 15) is 13.2 Å². The number of halogens is 3. The molecule has 0 aliphatic rings. The van der Waals surface area contributed by atoms with Crippen molar-refractivity contribution in [3.05, 3.63) is 53.3 Å². The molecule has 0 radical (unpaired) electrons. The number of hydrogen-bond acceptors (Lipinski definition) is 2. The van der Waals surface area contributed by atoms with Gasteiger partial charge in [-0.05, 0) is 31.0 Å². The molecule has 1 heterocycles. The molecule has 0 aliphatic carbocycles. The predicted octanol–water partition coefficient (Wildman–Crippen LogP) is 2.74. The van der Waals surface area contributed by atoms with E-state index in [0.717, 1.165) is 29.8 Å². The Morgan fingerprint density at radius 3 is 2.44 bits per heavy atom. The summed E-state index contributed by atoms with van der Waals surface area (Å²) >= 11 is 0. The van der Waals surface area contributed by atoms with E-state index in [2.05, 4.69) is 20.7 Å². The number of hydrogen-bond donors (Lipinski definition) is 2. The van der Waals surface area contributed by atoms with Crippen LogP contribution in [-0.2, 0) is 26.2 Å². The fourth-order valence-electron chi connectivity index (χ4n) is 2.25. The minimum Gasteiger partial charge on any atom is -0.357 e. The molecule has 8 heteroatoms. The first-order valence-corrected chi connectivity index (χ1v) is 8.04. The molecule has 0 atom stereocenters. The van der Waals surface area contributed by atoms with E-state index in [0.29, 0.717) is 25.5 Å². The molecule has 5 nitrogen and oxygen atoms in total. The van der Waals surface area contributed by atoms with Crippen LogP contribution in [0, 0.1) is 0 Å². The van der Waals surface area contributed by atoms with Crippen LogP contribution in [0.15, 0.2) is 41.7 Å². The summed E-state index contributed by atoms with van der Waals surface area (Å²) in [6, 6.07) is 5.22. The van der Waals surface area contributed by atoms with Crippen LogP contribution in [0.1, 0.15) is 23.6 Å². The second-order valence-electron chi connectivity index (χ2n) is 5.59. The molecule has 2 N–H and O–H groups in total. The van der Waals surface area contributed by atoms with Crippen LogP contribution in [0.5, 0.6) is 0 Å². The molecular formula is C17H22F3N5. The Morgan fingerprint density at radius 1 is 1.16 bits per heavy atom. The highest BCUT2D eigenvalue weighted by molar-refractivity contribution is 5.79. The maximum Gasteiger partial charge on any atom is 0.416 e. The van der Waals surface area contributed by atoms with Crippen LogP contribution in [0.3, 0.4) is 0 Å². The van der Waals surface area contributed by atoms with Crippen molar-refractivity contribution < 1.29 is 13.2 Å². The van der Waals surface area contributed by atoms with Crippen LogP contribution in [-0.4, -0.2) is 28.8 Å². The zero-order chi connectivity index (χ0) is 18.3. The molecule has 1 aromatic carbocycles. The second kappa shape index (κ2) is 8.55. The predicted molar refractivity (Wildman–Crippen MR) is 91.2 cm³/mol. The van der Waals surface area contributed by atoms with Crippen LogP contribution >= 0.6 is 0 Å². The van der Waals surface area contributed by atoms with Gasteiger partial charge in [0.05, 0.1) is 18.3 Å². The molecule has 0 fully saturated rings. The lowest BCUT2D eigenvalue weighted by Gasteiger charge is -2.11. The standard InChI is InChI=1S/C17H22F3N5/c1-3-21-16(23-10-14-11-24-25(2)12-14)22-9-8-13-4-6-15(7-5-13)17(18,19)20/h4-7,11-12H,3,8-10H2,1-2H3,(H2,21,22,23). The maximum atomic E-state index is 12.5. The Hall–Kier alpha value is -2.51. The molecule has 2 rings (SSSR count). The molecule has 0 bridgehead atoms. The van der Waals surface area contributed by atoms with Crippen LogP contribution in [0.4, 0.5) is 13.2 Å². The summed E-state index contributed by atoms with van der Waals surface area (Å²) in [6.45, 7) is 3.77. The second-order valence-corrected chi connectivity index (χ2v) is 5.59. The van der Waals surface area contributed by atoms with E-state index in [1.54, 1.807) is 10.9 Å². The fourth-order valence-corrected chi connectivity index (χ4v) is 2.25. The third-order valence-electron chi connectivity index (χ3n) is 3.51. The van der Waals surface area contributed by atoms with E-state index in [1.165, 1.54) is 12.1 Å². The number of aliphatic imine (C=N–C) groups is 1. The van der Waals surface area contributed by atoms with Crippen molar-refractivity contribution in [1.82, 2.24) is 20.4 Å². The van der Waals surface area contributed by atoms with Crippen molar-refractivity contribution in [1.29, 1.82) is 0 Å². The Balaban J connectivity index is 1.86. The number of alkyl halides is 3. The van der Waals surface area contributed by atoms with Crippen molar-refractivity contribution in [2.45, 2.75) is 26.1 Å². The van der Waals surface area contributed by atoms with Crippen molar-refractivity contribution in [3.8, 4) is 0 Å². The van der Waals surface area contributed by atoms with Gasteiger partial charge in [0.2, 0.25) is 0 Å². The first-order valence-electron chi connectivity index (χ1n) is 8.04. The highest BCUT2D eigenvalue weighted by atomic mass is 19.4. The van der Waals surface area contributed by atoms with Gasteiger partial charge in [-0.25, -0.2) is 4.99 Å². The van der Waals surface area contributed by atoms with Crippen molar-refractivity contribution in [2.75, 3.05) is 13.1 Å². The van der Waals surface area contributed by atoms with Gasteiger partial charge in [-0.3, -0.25) is 4.68 Å². The van der Waals surface area contributed by atoms with Gasteiger partial charge < -0.3 is 10.6 Å². The lowest BCUT2D eigenvalue weighted by Crippen LogP contribution is -2.38. The monoisotopic (exact) mass is 353 g/mol. The molecule has 0 amide bonds. The van der Waals surface area contributed by atoms with E-state index < -0.39 is 11.7 Å². The smallest absolute Gasteiger partial charge is 0.357 e. The molecule has 136 valence electrons. The Kier molecular flexibility index (Phi) is 6.44. The van der Waals surface area contributed by atoms with Gasteiger partial charge in [0.25, 0.3) is 0 Å². The van der Waals surface area contributed by atoms with Gasteiger partial charge >= 0.3 is 6.18 Å². The van der Waals surface area contributed by atoms with Gasteiger partial charge in [0.15, 0.2) is 5.96 Å². The number of nitrogens with zero attached hydrogens (tertiary/aromatic N) is 3. The van der Waals surface area contributed by atoms with E-state index >= 15 is 0 Å². The molecule has 0 unspecified atom stereocenters. The third kappa shape index (κ3) is 6.13. The van der Waals surface area contributed by atoms with Gasteiger partial charge in [-0.2, -0.15) is 18.3 Å². The topological polar surface area (TPSA) is 54.2 Å². The minimum atomic E-state index is -4.30. The number of nitrogens with one attached hydrogen (secondary N) is 2. The number of rotatable bonds is 6. The van der Waals surface area contributed by atoms with Gasteiger partial charge in [-0.15, -0.1) is 0 Å². The van der Waals surface area contributed by atoms with Crippen LogP contribution in [0.25, 0.3) is 0 Å². The SMILES string of the molecule is CCNC(=NCc1cnn(C)c1)NCCc1ccc(C(F)(F)F)cc1. The largest absolute Gasteiger partial charge is 0.416 e. The van der Waals surface area contributed by atoms with Crippen molar-refractivity contribution in [2.24, 2.45) is 12.0 Å². The number of guanidine groups is 1. The lowest BCUT2D eigenvalue weighted by atomic mass is 10.1. The summed E-state index contributed by atoms with van der Waals surface area (Å²) in [5.74, 6) is 0.665. The highest BCUT2D eigenvalue weighted by Gasteiger charge is 2.29. The molecular weight excluding hydrogens is 331 g/mol. The Bertz CT molecular complexity index is 689. The summed E-state index contributed by atoms with van der Waals surface area (Å²) in [7, 11) is 1.85. The maximum absolute atomic E-state index is 12.5. The first kappa shape index (κ1) is 18.8. The molecule has 0 saturated heterocycles. The van der Waals surface area contributed by atoms with Crippen molar-refractivity contribution >= 4 is 5.96 Å². The Morgan fingerprint density at radius 2 is 1.88 bits per heavy atom. The summed E-state index contributed by atoms with van der Waals surface area (Å²) in [6.07, 6.45) is -0.0338. The lowest BCUT2D eigenvalue weighted by molar-refractivity contribution is -0.137. The number of benzene rings is 1. The van der Waals surface area contributed by atoms with Gasteiger partial charge in [0, 0.05) is 31.9 Å². The first-order chi connectivity index (χ1) is 11.9. The molecule has 0 saturated carbocycles. The van der Waals surface area contributed by atoms with E-state index in [4.69, 9.17) is 0 Å². The normalized spacial score (nSPS) is 12.3. The van der Waals surface area contributed by atoms with Gasteiger partial charge in [-0.1, -0.05) is 12.1 Å². The Labute approximate surface area is 145 Å². The third-order valence-corrected chi connectivity index (χ3v) is 3.51. The zero-order valence-electron chi connectivity index (χ0n) is 14.3. The summed E-state index contributed by atoms with van der Waals surface area (Å²) in [5, 5.41) is 10.4. The number of aromatic nitrogens is 2.